The molecule has 0 saturated heterocycles. The van der Waals surface area contributed by atoms with E-state index in [-0.39, 0.29) is 10.6 Å². The van der Waals surface area contributed by atoms with Crippen LogP contribution >= 0.6 is 0 Å². The third kappa shape index (κ3) is 4.50. The number of nitro benzene ring substituents is 1. The van der Waals surface area contributed by atoms with Crippen LogP contribution in [0.15, 0.2) is 59.5 Å². The highest BCUT2D eigenvalue weighted by Crippen LogP contribution is 2.19. The van der Waals surface area contributed by atoms with Gasteiger partial charge in [0, 0.05) is 24.1 Å². The van der Waals surface area contributed by atoms with Gasteiger partial charge in [0.1, 0.15) is 0 Å². The van der Waals surface area contributed by atoms with Crippen molar-refractivity contribution in [3.05, 3.63) is 70.3 Å². The average molecular weight is 346 g/mol. The largest absolute Gasteiger partial charge is 0.323 e. The minimum atomic E-state index is -3.30. The predicted octanol–water partition coefficient (Wildman–Crippen LogP) is 2.65. The Morgan fingerprint density at radius 3 is 2.33 bits per heavy atom. The maximum Gasteiger partial charge on any atom is 0.276 e. The Bertz CT molecular complexity index is 902. The Morgan fingerprint density at radius 1 is 1.12 bits per heavy atom. The van der Waals surface area contributed by atoms with E-state index in [9.17, 15) is 23.3 Å². The second-order valence-corrected chi connectivity index (χ2v) is 6.95. The van der Waals surface area contributed by atoms with Crippen LogP contribution in [0.3, 0.4) is 0 Å². The summed E-state index contributed by atoms with van der Waals surface area (Å²) in [6.45, 7) is 0. The smallest absolute Gasteiger partial charge is 0.276 e. The van der Waals surface area contributed by atoms with Gasteiger partial charge in [-0.25, -0.2) is 8.42 Å². The van der Waals surface area contributed by atoms with E-state index < -0.39 is 20.7 Å². The van der Waals surface area contributed by atoms with Crippen LogP contribution in [-0.4, -0.2) is 25.5 Å². The summed E-state index contributed by atoms with van der Waals surface area (Å²) in [5.41, 5.74) is 0.628. The number of amides is 1. The summed E-state index contributed by atoms with van der Waals surface area (Å²) in [5, 5.41) is 13.4. The fourth-order valence-corrected chi connectivity index (χ4v) is 2.56. The van der Waals surface area contributed by atoms with Gasteiger partial charge in [-0.1, -0.05) is 12.1 Å². The van der Waals surface area contributed by atoms with E-state index in [1.54, 1.807) is 12.1 Å². The molecule has 2 aromatic carbocycles. The lowest BCUT2D eigenvalue weighted by molar-refractivity contribution is -0.385. The van der Waals surface area contributed by atoms with Crippen molar-refractivity contribution in [3.8, 4) is 0 Å². The molecule has 0 fully saturated rings. The number of nitrogens with zero attached hydrogens (tertiary/aromatic N) is 1. The van der Waals surface area contributed by atoms with Gasteiger partial charge in [0.05, 0.1) is 15.4 Å². The fraction of sp³-hybridized carbons (Fsp3) is 0.0625. The molecule has 0 unspecified atom stereocenters. The Labute approximate surface area is 138 Å². The number of para-hydroxylation sites is 1. The molecule has 24 heavy (non-hydrogen) atoms. The highest BCUT2D eigenvalue weighted by atomic mass is 32.2. The van der Waals surface area contributed by atoms with Gasteiger partial charge in [0.15, 0.2) is 9.84 Å². The highest BCUT2D eigenvalue weighted by molar-refractivity contribution is 7.90. The van der Waals surface area contributed by atoms with E-state index in [0.29, 0.717) is 11.3 Å². The molecule has 0 heterocycles. The van der Waals surface area contributed by atoms with Gasteiger partial charge < -0.3 is 5.32 Å². The molecule has 1 N–H and O–H groups in total. The number of sulfone groups is 1. The van der Waals surface area contributed by atoms with E-state index in [4.69, 9.17) is 0 Å². The molecule has 0 atom stereocenters. The first-order chi connectivity index (χ1) is 11.3. The van der Waals surface area contributed by atoms with E-state index in [2.05, 4.69) is 5.32 Å². The Hall–Kier alpha value is -3.00. The van der Waals surface area contributed by atoms with Crippen molar-refractivity contribution in [2.24, 2.45) is 0 Å². The number of rotatable bonds is 5. The molecule has 0 aliphatic rings. The molecule has 0 radical (unpaired) electrons. The van der Waals surface area contributed by atoms with Crippen LogP contribution < -0.4 is 5.32 Å². The number of carbonyl (C=O) groups is 1. The highest BCUT2D eigenvalue weighted by Gasteiger charge is 2.10. The van der Waals surface area contributed by atoms with Crippen molar-refractivity contribution < 1.29 is 18.1 Å². The summed E-state index contributed by atoms with van der Waals surface area (Å²) >= 11 is 0. The normalized spacial score (nSPS) is 11.4. The molecule has 0 bridgehead atoms. The Balaban J connectivity index is 2.10. The summed E-state index contributed by atoms with van der Waals surface area (Å²) in [4.78, 5) is 22.4. The van der Waals surface area contributed by atoms with Crippen molar-refractivity contribution in [2.45, 2.75) is 4.90 Å². The first-order valence-electron chi connectivity index (χ1n) is 6.80. The molecule has 2 rings (SSSR count). The monoisotopic (exact) mass is 346 g/mol. The molecule has 2 aromatic rings. The number of carbonyl (C=O) groups excluding carboxylic acids is 1. The lowest BCUT2D eigenvalue weighted by Crippen LogP contribution is -2.08. The van der Waals surface area contributed by atoms with Crippen molar-refractivity contribution in [3.63, 3.8) is 0 Å². The van der Waals surface area contributed by atoms with Gasteiger partial charge in [-0.05, 0) is 36.4 Å². The van der Waals surface area contributed by atoms with E-state index in [0.717, 1.165) is 6.26 Å². The molecule has 0 spiro atoms. The molecule has 1 amide bonds. The molecular formula is C16H14N2O5S. The number of benzene rings is 2. The number of hydrogen-bond donors (Lipinski definition) is 1. The molecule has 124 valence electrons. The minimum absolute atomic E-state index is 0.0981. The Kier molecular flexibility index (Phi) is 5.10. The van der Waals surface area contributed by atoms with Crippen molar-refractivity contribution in [1.29, 1.82) is 0 Å². The first-order valence-corrected chi connectivity index (χ1v) is 8.69. The number of nitrogens with one attached hydrogen (secondary N) is 1. The third-order valence-electron chi connectivity index (χ3n) is 3.10. The topological polar surface area (TPSA) is 106 Å². The molecule has 0 saturated carbocycles. The van der Waals surface area contributed by atoms with Gasteiger partial charge >= 0.3 is 0 Å². The summed E-state index contributed by atoms with van der Waals surface area (Å²) < 4.78 is 22.7. The first kappa shape index (κ1) is 17.4. The lowest BCUT2D eigenvalue weighted by atomic mass is 10.1. The van der Waals surface area contributed by atoms with E-state index in [1.807, 2.05) is 0 Å². The zero-order valence-corrected chi connectivity index (χ0v) is 13.5. The molecule has 7 nitrogen and oxygen atoms in total. The molecule has 0 aliphatic heterocycles. The van der Waals surface area contributed by atoms with Gasteiger partial charge in [-0.15, -0.1) is 0 Å². The van der Waals surface area contributed by atoms with Crippen LogP contribution in [0.1, 0.15) is 5.56 Å². The second kappa shape index (κ2) is 7.05. The second-order valence-electron chi connectivity index (χ2n) is 4.94. The summed E-state index contributed by atoms with van der Waals surface area (Å²) in [5.74, 6) is -0.486. The zero-order chi connectivity index (χ0) is 17.7. The zero-order valence-electron chi connectivity index (χ0n) is 12.7. The summed E-state index contributed by atoms with van der Waals surface area (Å²) in [7, 11) is -3.30. The minimum Gasteiger partial charge on any atom is -0.323 e. The van der Waals surface area contributed by atoms with Crippen LogP contribution in [0, 0.1) is 10.1 Å². The van der Waals surface area contributed by atoms with Gasteiger partial charge in [-0.3, -0.25) is 14.9 Å². The SMILES string of the molecule is CS(=O)(=O)c1ccc(NC(=O)/C=C/c2ccccc2[N+](=O)[O-])cc1. The van der Waals surface area contributed by atoms with Gasteiger partial charge in [-0.2, -0.15) is 0 Å². The van der Waals surface area contributed by atoms with Gasteiger partial charge in [0.25, 0.3) is 5.69 Å². The number of anilines is 1. The predicted molar refractivity (Wildman–Crippen MR) is 90.3 cm³/mol. The number of hydrogen-bond acceptors (Lipinski definition) is 5. The molecule has 0 aliphatic carbocycles. The summed E-state index contributed by atoms with van der Waals surface area (Å²) in [6, 6.07) is 11.8. The van der Waals surface area contributed by atoms with Crippen molar-refractivity contribution in [2.75, 3.05) is 11.6 Å². The number of nitro groups is 1. The average Bonchev–Trinajstić information content (AvgIpc) is 2.53. The van der Waals surface area contributed by atoms with Crippen molar-refractivity contribution in [1.82, 2.24) is 0 Å². The van der Waals surface area contributed by atoms with E-state index >= 15 is 0 Å². The van der Waals surface area contributed by atoms with Crippen molar-refractivity contribution >= 4 is 33.2 Å². The fourth-order valence-electron chi connectivity index (χ4n) is 1.93. The van der Waals surface area contributed by atoms with Crippen LogP contribution in [0.2, 0.25) is 0 Å². The van der Waals surface area contributed by atoms with Gasteiger partial charge in [0.2, 0.25) is 5.91 Å². The molecule has 8 heteroatoms. The van der Waals surface area contributed by atoms with Crippen LogP contribution in [-0.2, 0) is 14.6 Å². The van der Waals surface area contributed by atoms with Crippen LogP contribution in [0.5, 0.6) is 0 Å². The van der Waals surface area contributed by atoms with E-state index in [1.165, 1.54) is 48.6 Å². The molecule has 0 aromatic heterocycles. The maximum absolute atomic E-state index is 11.9. The quantitative estimate of drug-likeness (QED) is 0.509. The lowest BCUT2D eigenvalue weighted by Gasteiger charge is -2.03. The Morgan fingerprint density at radius 2 is 1.75 bits per heavy atom. The standard InChI is InChI=1S/C16H14N2O5S/c1-24(22,23)14-9-7-13(8-10-14)17-16(19)11-6-12-4-2-3-5-15(12)18(20)21/h2-11H,1H3,(H,17,19)/b11-6+. The summed E-state index contributed by atoms with van der Waals surface area (Å²) in [6.07, 6.45) is 3.61. The van der Waals surface area contributed by atoms with Crippen LogP contribution in [0.4, 0.5) is 11.4 Å². The molecular weight excluding hydrogens is 332 g/mol. The third-order valence-corrected chi connectivity index (χ3v) is 4.23. The van der Waals surface area contributed by atoms with Crippen LogP contribution in [0.25, 0.3) is 6.08 Å². The maximum atomic E-state index is 11.9.